The fourth-order valence-electron chi connectivity index (χ4n) is 1.78. The Hall–Kier alpha value is -2.61. The third kappa shape index (κ3) is 3.69. The summed E-state index contributed by atoms with van der Waals surface area (Å²) in [6.07, 6.45) is 4.06. The molecule has 1 aromatic carbocycles. The maximum atomic E-state index is 11.5. The number of hydrogen-bond donors (Lipinski definition) is 0. The summed E-state index contributed by atoms with van der Waals surface area (Å²) in [5.74, 6) is 0.721. The highest BCUT2D eigenvalue weighted by molar-refractivity contribution is 5.34. The summed E-state index contributed by atoms with van der Waals surface area (Å²) >= 11 is 0. The molecule has 0 aliphatic heterocycles. The summed E-state index contributed by atoms with van der Waals surface area (Å²) in [7, 11) is 0. The third-order valence-corrected chi connectivity index (χ3v) is 2.78. The standard InChI is InChI=1S/C15H15N3O2/c1-12-10-17-15(19)18(11-12)7-2-8-20-14-5-3-13(9-16)4-6-14/h3-6,10-11H,2,7-8H2,1H3. The molecule has 0 saturated heterocycles. The van der Waals surface area contributed by atoms with Gasteiger partial charge in [0.2, 0.25) is 0 Å². The van der Waals surface area contributed by atoms with Crippen molar-refractivity contribution in [3.8, 4) is 11.8 Å². The molecule has 0 N–H and O–H groups in total. The molecule has 0 radical (unpaired) electrons. The Bertz CT molecular complexity index is 669. The predicted molar refractivity (Wildman–Crippen MR) is 74.5 cm³/mol. The highest BCUT2D eigenvalue weighted by Gasteiger charge is 1.99. The number of aromatic nitrogens is 2. The maximum absolute atomic E-state index is 11.5. The van der Waals surface area contributed by atoms with Gasteiger partial charge in [-0.15, -0.1) is 0 Å². The topological polar surface area (TPSA) is 67.9 Å². The van der Waals surface area contributed by atoms with Gasteiger partial charge in [0, 0.05) is 18.9 Å². The summed E-state index contributed by atoms with van der Waals surface area (Å²) in [6, 6.07) is 9.00. The molecule has 0 unspecified atom stereocenters. The largest absolute Gasteiger partial charge is 0.494 e. The molecule has 2 rings (SSSR count). The fourth-order valence-corrected chi connectivity index (χ4v) is 1.78. The second-order valence-corrected chi connectivity index (χ2v) is 4.45. The molecule has 0 bridgehead atoms. The van der Waals surface area contributed by atoms with Crippen molar-refractivity contribution >= 4 is 0 Å². The summed E-state index contributed by atoms with van der Waals surface area (Å²) in [5, 5.41) is 8.69. The summed E-state index contributed by atoms with van der Waals surface area (Å²) in [5.41, 5.74) is 1.32. The van der Waals surface area contributed by atoms with Crippen molar-refractivity contribution in [2.24, 2.45) is 0 Å². The van der Waals surface area contributed by atoms with Crippen LogP contribution in [0.15, 0.2) is 41.5 Å². The van der Waals surface area contributed by atoms with Crippen molar-refractivity contribution in [2.45, 2.75) is 19.9 Å². The first-order valence-corrected chi connectivity index (χ1v) is 6.35. The Labute approximate surface area is 117 Å². The second-order valence-electron chi connectivity index (χ2n) is 4.45. The van der Waals surface area contributed by atoms with Gasteiger partial charge in [0.25, 0.3) is 0 Å². The zero-order chi connectivity index (χ0) is 14.4. The molecular weight excluding hydrogens is 254 g/mol. The molecule has 5 heteroatoms. The van der Waals surface area contributed by atoms with Crippen molar-refractivity contribution in [2.75, 3.05) is 6.61 Å². The molecule has 102 valence electrons. The molecular formula is C15H15N3O2. The molecule has 1 heterocycles. The van der Waals surface area contributed by atoms with Gasteiger partial charge in [-0.2, -0.15) is 5.26 Å². The molecule has 0 amide bonds. The zero-order valence-electron chi connectivity index (χ0n) is 11.2. The summed E-state index contributed by atoms with van der Waals surface area (Å²) in [6.45, 7) is 2.98. The van der Waals surface area contributed by atoms with Crippen LogP contribution in [0.25, 0.3) is 0 Å². The van der Waals surface area contributed by atoms with Crippen molar-refractivity contribution in [3.05, 3.63) is 58.3 Å². The van der Waals surface area contributed by atoms with E-state index in [4.69, 9.17) is 10.00 Å². The highest BCUT2D eigenvalue weighted by Crippen LogP contribution is 2.11. The number of nitriles is 1. The van der Waals surface area contributed by atoms with Crippen LogP contribution in [0.3, 0.4) is 0 Å². The van der Waals surface area contributed by atoms with Gasteiger partial charge in [-0.25, -0.2) is 9.78 Å². The number of hydrogen-bond acceptors (Lipinski definition) is 4. The van der Waals surface area contributed by atoms with E-state index in [9.17, 15) is 4.79 Å². The van der Waals surface area contributed by atoms with Gasteiger partial charge < -0.3 is 4.74 Å². The number of aryl methyl sites for hydroxylation is 2. The van der Waals surface area contributed by atoms with Crippen LogP contribution in [-0.4, -0.2) is 16.2 Å². The third-order valence-electron chi connectivity index (χ3n) is 2.78. The SMILES string of the molecule is Cc1cnc(=O)n(CCCOc2ccc(C#N)cc2)c1. The van der Waals surface area contributed by atoms with Gasteiger partial charge in [-0.1, -0.05) is 0 Å². The van der Waals surface area contributed by atoms with Crippen molar-refractivity contribution in [1.82, 2.24) is 9.55 Å². The lowest BCUT2D eigenvalue weighted by atomic mass is 10.2. The predicted octanol–water partition coefficient (Wildman–Crippen LogP) is 1.89. The molecule has 0 fully saturated rings. The van der Waals surface area contributed by atoms with Crippen LogP contribution in [0, 0.1) is 18.3 Å². The normalized spacial score (nSPS) is 10.0. The molecule has 0 aliphatic carbocycles. The molecule has 20 heavy (non-hydrogen) atoms. The van der Waals surface area contributed by atoms with Crippen LogP contribution in [0.1, 0.15) is 17.5 Å². The molecule has 2 aromatic rings. The van der Waals surface area contributed by atoms with Gasteiger partial charge in [0.15, 0.2) is 0 Å². The highest BCUT2D eigenvalue weighted by atomic mass is 16.5. The van der Waals surface area contributed by atoms with Gasteiger partial charge in [-0.05, 0) is 43.2 Å². The van der Waals surface area contributed by atoms with Crippen LogP contribution in [-0.2, 0) is 6.54 Å². The van der Waals surface area contributed by atoms with Crippen molar-refractivity contribution < 1.29 is 4.74 Å². The van der Waals surface area contributed by atoms with Gasteiger partial charge >= 0.3 is 5.69 Å². The molecule has 0 spiro atoms. The first-order chi connectivity index (χ1) is 9.69. The van der Waals surface area contributed by atoms with E-state index >= 15 is 0 Å². The minimum atomic E-state index is -0.242. The first kappa shape index (κ1) is 13.8. The number of rotatable bonds is 5. The smallest absolute Gasteiger partial charge is 0.347 e. The van der Waals surface area contributed by atoms with Gasteiger partial charge in [-0.3, -0.25) is 4.57 Å². The summed E-state index contributed by atoms with van der Waals surface area (Å²) in [4.78, 5) is 15.3. The van der Waals surface area contributed by atoms with E-state index < -0.39 is 0 Å². The Balaban J connectivity index is 1.83. The lowest BCUT2D eigenvalue weighted by molar-refractivity contribution is 0.300. The van der Waals surface area contributed by atoms with E-state index in [0.29, 0.717) is 25.1 Å². The van der Waals surface area contributed by atoms with Crippen LogP contribution in [0.2, 0.25) is 0 Å². The van der Waals surface area contributed by atoms with Crippen molar-refractivity contribution in [3.63, 3.8) is 0 Å². The second kappa shape index (κ2) is 6.53. The van der Waals surface area contributed by atoms with Crippen molar-refractivity contribution in [1.29, 1.82) is 5.26 Å². The van der Waals surface area contributed by atoms with Gasteiger partial charge in [0.05, 0.1) is 18.2 Å². The first-order valence-electron chi connectivity index (χ1n) is 6.35. The van der Waals surface area contributed by atoms with E-state index in [0.717, 1.165) is 11.3 Å². The van der Waals surface area contributed by atoms with E-state index in [1.165, 1.54) is 0 Å². The molecule has 0 aliphatic rings. The quantitative estimate of drug-likeness (QED) is 0.777. The van der Waals surface area contributed by atoms with E-state index in [1.54, 1.807) is 41.2 Å². The van der Waals surface area contributed by atoms with Crippen LogP contribution >= 0.6 is 0 Å². The van der Waals surface area contributed by atoms with Gasteiger partial charge in [0.1, 0.15) is 5.75 Å². The minimum absolute atomic E-state index is 0.242. The van der Waals surface area contributed by atoms with E-state index in [2.05, 4.69) is 11.1 Å². The minimum Gasteiger partial charge on any atom is -0.494 e. The summed E-state index contributed by atoms with van der Waals surface area (Å²) < 4.78 is 7.13. The number of benzene rings is 1. The van der Waals surface area contributed by atoms with Crippen LogP contribution in [0.5, 0.6) is 5.75 Å². The fraction of sp³-hybridized carbons (Fsp3) is 0.267. The molecule has 1 aromatic heterocycles. The van der Waals surface area contributed by atoms with E-state index in [-0.39, 0.29) is 5.69 Å². The Morgan fingerprint density at radius 3 is 2.80 bits per heavy atom. The lowest BCUT2D eigenvalue weighted by Gasteiger charge is -2.08. The number of nitrogens with zero attached hydrogens (tertiary/aromatic N) is 3. The zero-order valence-corrected chi connectivity index (χ0v) is 11.2. The Kier molecular flexibility index (Phi) is 4.51. The Morgan fingerprint density at radius 1 is 1.35 bits per heavy atom. The molecule has 0 atom stereocenters. The molecule has 5 nitrogen and oxygen atoms in total. The van der Waals surface area contributed by atoms with Crippen LogP contribution < -0.4 is 10.4 Å². The molecule has 0 saturated carbocycles. The average Bonchev–Trinajstić information content (AvgIpc) is 2.47. The Morgan fingerprint density at radius 2 is 2.10 bits per heavy atom. The maximum Gasteiger partial charge on any atom is 0.347 e. The lowest BCUT2D eigenvalue weighted by Crippen LogP contribution is -2.23. The van der Waals surface area contributed by atoms with E-state index in [1.807, 2.05) is 6.92 Å². The monoisotopic (exact) mass is 269 g/mol. The average molecular weight is 269 g/mol. The number of ether oxygens (including phenoxy) is 1. The van der Waals surface area contributed by atoms with Crippen LogP contribution in [0.4, 0.5) is 0 Å².